The van der Waals surface area contributed by atoms with Crippen molar-refractivity contribution in [2.24, 2.45) is 4.99 Å². The van der Waals surface area contributed by atoms with Crippen molar-refractivity contribution in [3.8, 4) is 5.75 Å². The van der Waals surface area contributed by atoms with E-state index in [0.717, 1.165) is 5.75 Å². The molecule has 0 amide bonds. The van der Waals surface area contributed by atoms with Crippen LogP contribution in [0.5, 0.6) is 5.75 Å². The van der Waals surface area contributed by atoms with Gasteiger partial charge in [0.1, 0.15) is 17.2 Å². The number of carbonyl (C=O) groups is 1. The first-order valence-electron chi connectivity index (χ1n) is 6.84. The molecule has 0 aliphatic rings. The summed E-state index contributed by atoms with van der Waals surface area (Å²) in [5.41, 5.74) is 0.830. The van der Waals surface area contributed by atoms with Crippen molar-refractivity contribution in [1.29, 1.82) is 0 Å². The molecule has 0 saturated carbocycles. The van der Waals surface area contributed by atoms with Gasteiger partial charge in [-0.15, -0.1) is 0 Å². The third-order valence-electron chi connectivity index (χ3n) is 2.76. The van der Waals surface area contributed by atoms with Crippen LogP contribution in [0.15, 0.2) is 58.1 Å². The van der Waals surface area contributed by atoms with Crippen molar-refractivity contribution in [3.63, 3.8) is 0 Å². The predicted molar refractivity (Wildman–Crippen MR) is 84.5 cm³/mol. The second-order valence-corrected chi connectivity index (χ2v) is 4.26. The van der Waals surface area contributed by atoms with Gasteiger partial charge in [0.05, 0.1) is 25.7 Å². The molecule has 0 radical (unpaired) electrons. The highest BCUT2D eigenvalue weighted by Gasteiger charge is 2.10. The van der Waals surface area contributed by atoms with Gasteiger partial charge in [-0.25, -0.2) is 9.79 Å². The van der Waals surface area contributed by atoms with E-state index in [2.05, 4.69) is 4.99 Å². The van der Waals surface area contributed by atoms with Crippen LogP contribution in [0.3, 0.4) is 0 Å². The van der Waals surface area contributed by atoms with E-state index in [4.69, 9.17) is 13.9 Å². The smallest absolute Gasteiger partial charge is 0.356 e. The summed E-state index contributed by atoms with van der Waals surface area (Å²) in [6, 6.07) is 10.6. The Balaban J connectivity index is 2.25. The molecule has 0 N–H and O–H groups in total. The van der Waals surface area contributed by atoms with Crippen LogP contribution in [0.25, 0.3) is 6.08 Å². The van der Waals surface area contributed by atoms with Gasteiger partial charge in [0.15, 0.2) is 0 Å². The minimum absolute atomic E-state index is 0.198. The lowest BCUT2D eigenvalue weighted by molar-refractivity contribution is -0.134. The molecule has 0 unspecified atom stereocenters. The minimum atomic E-state index is -0.485. The lowest BCUT2D eigenvalue weighted by atomic mass is 10.2. The summed E-state index contributed by atoms with van der Waals surface area (Å²) in [4.78, 5) is 16.3. The molecule has 0 aliphatic carbocycles. The van der Waals surface area contributed by atoms with E-state index in [1.165, 1.54) is 0 Å². The molecule has 1 aromatic heterocycles. The van der Waals surface area contributed by atoms with Crippen molar-refractivity contribution in [2.75, 3.05) is 13.7 Å². The van der Waals surface area contributed by atoms with Crippen LogP contribution in [0.1, 0.15) is 12.7 Å². The first-order chi connectivity index (χ1) is 10.7. The number of rotatable bonds is 6. The molecular formula is C17H17NO4. The molecule has 0 saturated heterocycles. The zero-order valence-electron chi connectivity index (χ0n) is 12.5. The molecule has 2 aromatic rings. The molecule has 0 bridgehead atoms. The Bertz CT molecular complexity index is 654. The summed E-state index contributed by atoms with van der Waals surface area (Å²) in [6.07, 6.45) is 4.80. The van der Waals surface area contributed by atoms with Crippen LogP contribution in [-0.4, -0.2) is 25.4 Å². The van der Waals surface area contributed by atoms with Crippen molar-refractivity contribution in [3.05, 3.63) is 54.5 Å². The first-order valence-corrected chi connectivity index (χ1v) is 6.84. The Hall–Kier alpha value is -2.82. The second-order valence-electron chi connectivity index (χ2n) is 4.26. The molecule has 114 valence electrons. The van der Waals surface area contributed by atoms with E-state index in [1.54, 1.807) is 68.8 Å². The van der Waals surface area contributed by atoms with Crippen molar-refractivity contribution >= 4 is 23.4 Å². The topological polar surface area (TPSA) is 61.0 Å². The van der Waals surface area contributed by atoms with E-state index in [1.807, 2.05) is 0 Å². The minimum Gasteiger partial charge on any atom is -0.497 e. The third-order valence-corrected chi connectivity index (χ3v) is 2.76. The first kappa shape index (κ1) is 15.6. The fraction of sp³-hybridized carbons (Fsp3) is 0.176. The zero-order chi connectivity index (χ0) is 15.8. The lowest BCUT2D eigenvalue weighted by Crippen LogP contribution is -2.15. The number of nitrogens with zero attached hydrogens (tertiary/aromatic N) is 1. The van der Waals surface area contributed by atoms with Gasteiger partial charge >= 0.3 is 5.97 Å². The fourth-order valence-electron chi connectivity index (χ4n) is 1.70. The number of aliphatic imine (C=N–C) groups is 1. The average molecular weight is 299 g/mol. The van der Waals surface area contributed by atoms with Gasteiger partial charge in [-0.2, -0.15) is 0 Å². The van der Waals surface area contributed by atoms with E-state index in [0.29, 0.717) is 11.4 Å². The zero-order valence-corrected chi connectivity index (χ0v) is 12.5. The van der Waals surface area contributed by atoms with Crippen LogP contribution in [0.4, 0.5) is 5.69 Å². The van der Waals surface area contributed by atoms with E-state index >= 15 is 0 Å². The van der Waals surface area contributed by atoms with Crippen LogP contribution in [0, 0.1) is 0 Å². The molecule has 1 aromatic carbocycles. The fourth-order valence-corrected chi connectivity index (χ4v) is 1.70. The monoisotopic (exact) mass is 299 g/mol. The van der Waals surface area contributed by atoms with E-state index in [-0.39, 0.29) is 12.3 Å². The molecule has 1 heterocycles. The van der Waals surface area contributed by atoms with Crippen molar-refractivity contribution in [2.45, 2.75) is 6.92 Å². The summed E-state index contributed by atoms with van der Waals surface area (Å²) in [5, 5.41) is 0. The van der Waals surface area contributed by atoms with Crippen LogP contribution in [-0.2, 0) is 9.53 Å². The van der Waals surface area contributed by atoms with Crippen molar-refractivity contribution in [1.82, 2.24) is 0 Å². The molecule has 0 fully saturated rings. The molecule has 22 heavy (non-hydrogen) atoms. The summed E-state index contributed by atoms with van der Waals surface area (Å²) in [5.74, 6) is 0.871. The number of hydrogen-bond donors (Lipinski definition) is 0. The highest BCUT2D eigenvalue weighted by Crippen LogP contribution is 2.18. The molecule has 0 spiro atoms. The normalized spacial score (nSPS) is 11.6. The second kappa shape index (κ2) is 7.83. The van der Waals surface area contributed by atoms with Crippen LogP contribution < -0.4 is 4.74 Å². The largest absolute Gasteiger partial charge is 0.497 e. The van der Waals surface area contributed by atoms with Gasteiger partial charge in [-0.3, -0.25) is 0 Å². The number of esters is 1. The SMILES string of the molecule is CCOC(=O)C(/C=C/c1ccco1)=Nc1ccc(OC)cc1. The maximum Gasteiger partial charge on any atom is 0.356 e. The maximum atomic E-state index is 12.0. The summed E-state index contributed by atoms with van der Waals surface area (Å²) < 4.78 is 15.3. The number of benzene rings is 1. The standard InChI is InChI=1S/C17H17NO4/c1-3-21-17(19)16(11-10-15-5-4-12-22-15)18-13-6-8-14(20-2)9-7-13/h4-12H,3H2,1-2H3/b11-10+,18-16?. The summed E-state index contributed by atoms with van der Waals surface area (Å²) >= 11 is 0. The number of furan rings is 1. The number of hydrogen-bond acceptors (Lipinski definition) is 5. The maximum absolute atomic E-state index is 12.0. The molecule has 0 atom stereocenters. The molecular weight excluding hydrogens is 282 g/mol. The van der Waals surface area contributed by atoms with E-state index in [9.17, 15) is 4.79 Å². The third kappa shape index (κ3) is 4.34. The van der Waals surface area contributed by atoms with Gasteiger partial charge in [-0.1, -0.05) is 0 Å². The lowest BCUT2D eigenvalue weighted by Gasteiger charge is -2.03. The number of carbonyl (C=O) groups excluding carboxylic acids is 1. The van der Waals surface area contributed by atoms with Gasteiger partial charge < -0.3 is 13.9 Å². The highest BCUT2D eigenvalue weighted by molar-refractivity contribution is 6.42. The molecule has 2 rings (SSSR count). The van der Waals surface area contributed by atoms with Crippen LogP contribution in [0.2, 0.25) is 0 Å². The average Bonchev–Trinajstić information content (AvgIpc) is 3.05. The Morgan fingerprint density at radius 1 is 1.27 bits per heavy atom. The Kier molecular flexibility index (Phi) is 5.54. The van der Waals surface area contributed by atoms with Crippen LogP contribution >= 0.6 is 0 Å². The Morgan fingerprint density at radius 3 is 2.64 bits per heavy atom. The summed E-state index contributed by atoms with van der Waals surface area (Å²) in [6.45, 7) is 2.04. The molecule has 5 heteroatoms. The Labute approximate surface area is 128 Å². The van der Waals surface area contributed by atoms with Crippen molar-refractivity contribution < 1.29 is 18.7 Å². The molecule has 5 nitrogen and oxygen atoms in total. The summed E-state index contributed by atoms with van der Waals surface area (Å²) in [7, 11) is 1.59. The number of methoxy groups -OCH3 is 1. The Morgan fingerprint density at radius 2 is 2.05 bits per heavy atom. The quantitative estimate of drug-likeness (QED) is 0.603. The number of ether oxygens (including phenoxy) is 2. The molecule has 0 aliphatic heterocycles. The predicted octanol–water partition coefficient (Wildman–Crippen LogP) is 3.64. The highest BCUT2D eigenvalue weighted by atomic mass is 16.5. The van der Waals surface area contributed by atoms with Gasteiger partial charge in [0.25, 0.3) is 0 Å². The van der Waals surface area contributed by atoms with E-state index < -0.39 is 5.97 Å². The van der Waals surface area contributed by atoms with Gasteiger partial charge in [0.2, 0.25) is 0 Å². The van der Waals surface area contributed by atoms with Gasteiger partial charge in [-0.05, 0) is 55.5 Å². The van der Waals surface area contributed by atoms with Gasteiger partial charge in [0, 0.05) is 0 Å².